The van der Waals surface area contributed by atoms with Crippen molar-refractivity contribution in [1.82, 2.24) is 15.0 Å². The van der Waals surface area contributed by atoms with Crippen molar-refractivity contribution < 1.29 is 19.4 Å². The number of aryl methyl sites for hydroxylation is 1. The molecule has 2 heterocycles. The standard InChI is InChI=1S/C10H13N3O4/c1-13-5-7(11-12-13)4-10(9(15)16)6-17-3-2-8(10)14/h5H,2-4,6H2,1H3,(H,15,16). The van der Waals surface area contributed by atoms with Crippen LogP contribution in [0.25, 0.3) is 0 Å². The molecular formula is C10H13N3O4. The monoisotopic (exact) mass is 239 g/mol. The molecule has 1 fully saturated rings. The molecule has 0 saturated carbocycles. The van der Waals surface area contributed by atoms with Crippen molar-refractivity contribution in [2.45, 2.75) is 12.8 Å². The van der Waals surface area contributed by atoms with Crippen LogP contribution >= 0.6 is 0 Å². The minimum absolute atomic E-state index is 0.0228. The second kappa shape index (κ2) is 4.25. The predicted molar refractivity (Wildman–Crippen MR) is 55.2 cm³/mol. The Bertz CT molecular complexity index is 456. The van der Waals surface area contributed by atoms with Crippen molar-refractivity contribution in [3.8, 4) is 0 Å². The Kier molecular flexibility index (Phi) is 2.93. The van der Waals surface area contributed by atoms with E-state index in [4.69, 9.17) is 4.74 Å². The second-order valence-corrected chi connectivity index (χ2v) is 4.17. The number of ether oxygens (including phenoxy) is 1. The fraction of sp³-hybridized carbons (Fsp3) is 0.600. The van der Waals surface area contributed by atoms with Crippen LogP contribution in [0.3, 0.4) is 0 Å². The highest BCUT2D eigenvalue weighted by Gasteiger charge is 2.48. The number of hydrogen-bond acceptors (Lipinski definition) is 5. The number of hydrogen-bond donors (Lipinski definition) is 1. The van der Waals surface area contributed by atoms with Gasteiger partial charge in [-0.25, -0.2) is 0 Å². The minimum Gasteiger partial charge on any atom is -0.480 e. The van der Waals surface area contributed by atoms with Gasteiger partial charge < -0.3 is 9.84 Å². The molecule has 0 radical (unpaired) electrons. The second-order valence-electron chi connectivity index (χ2n) is 4.17. The SMILES string of the molecule is Cn1cc(CC2(C(=O)O)COCCC2=O)nn1. The molecule has 0 aromatic carbocycles. The smallest absolute Gasteiger partial charge is 0.319 e. The minimum atomic E-state index is -1.51. The summed E-state index contributed by atoms with van der Waals surface area (Å²) in [5.41, 5.74) is -1.03. The molecule has 2 rings (SSSR count). The van der Waals surface area contributed by atoms with Crippen LogP contribution in [0.4, 0.5) is 0 Å². The van der Waals surface area contributed by atoms with Crippen LogP contribution in [0.15, 0.2) is 6.20 Å². The number of carboxylic acids is 1. The number of rotatable bonds is 3. The van der Waals surface area contributed by atoms with E-state index in [2.05, 4.69) is 10.3 Å². The van der Waals surface area contributed by atoms with Crippen LogP contribution in [0.5, 0.6) is 0 Å². The summed E-state index contributed by atoms with van der Waals surface area (Å²) in [5.74, 6) is -1.46. The number of aliphatic carboxylic acids is 1. The molecule has 1 saturated heterocycles. The first-order valence-corrected chi connectivity index (χ1v) is 5.24. The van der Waals surface area contributed by atoms with Crippen LogP contribution in [0.2, 0.25) is 0 Å². The van der Waals surface area contributed by atoms with Gasteiger partial charge in [0.25, 0.3) is 0 Å². The molecule has 7 heteroatoms. The van der Waals surface area contributed by atoms with E-state index >= 15 is 0 Å². The van der Waals surface area contributed by atoms with Crippen molar-refractivity contribution in [2.24, 2.45) is 12.5 Å². The van der Waals surface area contributed by atoms with Gasteiger partial charge in [0.05, 0.1) is 18.9 Å². The third-order valence-electron chi connectivity index (χ3n) is 2.90. The molecule has 7 nitrogen and oxygen atoms in total. The summed E-state index contributed by atoms with van der Waals surface area (Å²) in [4.78, 5) is 23.2. The molecule has 0 bridgehead atoms. The Morgan fingerprint density at radius 1 is 1.71 bits per heavy atom. The van der Waals surface area contributed by atoms with Crippen LogP contribution in [-0.4, -0.2) is 45.1 Å². The summed E-state index contributed by atoms with van der Waals surface area (Å²) >= 11 is 0. The van der Waals surface area contributed by atoms with Gasteiger partial charge in [0.1, 0.15) is 0 Å². The van der Waals surface area contributed by atoms with E-state index in [0.29, 0.717) is 5.69 Å². The lowest BCUT2D eigenvalue weighted by molar-refractivity contribution is -0.164. The van der Waals surface area contributed by atoms with Gasteiger partial charge >= 0.3 is 5.97 Å². The Labute approximate surface area is 97.4 Å². The molecular weight excluding hydrogens is 226 g/mol. The first kappa shape index (κ1) is 11.7. The van der Waals surface area contributed by atoms with Crippen LogP contribution in [0.1, 0.15) is 12.1 Å². The number of carbonyl (C=O) groups is 2. The van der Waals surface area contributed by atoms with Crippen LogP contribution in [0, 0.1) is 5.41 Å². The summed E-state index contributed by atoms with van der Waals surface area (Å²) in [5, 5.41) is 16.8. The van der Waals surface area contributed by atoms with E-state index in [1.165, 1.54) is 4.68 Å². The normalized spacial score (nSPS) is 24.9. The molecule has 0 aliphatic carbocycles. The van der Waals surface area contributed by atoms with Gasteiger partial charge in [-0.15, -0.1) is 5.10 Å². The van der Waals surface area contributed by atoms with Gasteiger partial charge in [0.15, 0.2) is 11.2 Å². The van der Waals surface area contributed by atoms with E-state index in [1.54, 1.807) is 13.2 Å². The Morgan fingerprint density at radius 3 is 3.00 bits per heavy atom. The molecule has 1 aromatic rings. The Morgan fingerprint density at radius 2 is 2.47 bits per heavy atom. The van der Waals surface area contributed by atoms with Crippen molar-refractivity contribution in [3.63, 3.8) is 0 Å². The summed E-state index contributed by atoms with van der Waals surface area (Å²) in [6.45, 7) is 0.187. The van der Waals surface area contributed by atoms with Crippen molar-refractivity contribution in [2.75, 3.05) is 13.2 Å². The zero-order chi connectivity index (χ0) is 12.5. The number of ketones is 1. The fourth-order valence-corrected chi connectivity index (χ4v) is 1.92. The lowest BCUT2D eigenvalue weighted by Gasteiger charge is -2.30. The predicted octanol–water partition coefficient (Wildman–Crippen LogP) is -0.582. The number of carboxylic acid groups (broad SMARTS) is 1. The molecule has 17 heavy (non-hydrogen) atoms. The van der Waals surface area contributed by atoms with Crippen molar-refractivity contribution >= 4 is 11.8 Å². The third-order valence-corrected chi connectivity index (χ3v) is 2.90. The lowest BCUT2D eigenvalue weighted by Crippen LogP contribution is -2.48. The van der Waals surface area contributed by atoms with E-state index < -0.39 is 11.4 Å². The van der Waals surface area contributed by atoms with E-state index in [0.717, 1.165) is 0 Å². The fourth-order valence-electron chi connectivity index (χ4n) is 1.92. The zero-order valence-corrected chi connectivity index (χ0v) is 9.42. The van der Waals surface area contributed by atoms with Crippen LogP contribution in [-0.2, 0) is 27.8 Å². The lowest BCUT2D eigenvalue weighted by atomic mass is 9.77. The first-order chi connectivity index (χ1) is 8.04. The van der Waals surface area contributed by atoms with Gasteiger partial charge in [-0.05, 0) is 0 Å². The zero-order valence-electron chi connectivity index (χ0n) is 9.42. The molecule has 1 N–H and O–H groups in total. The average Bonchev–Trinajstić information content (AvgIpc) is 2.67. The quantitative estimate of drug-likeness (QED) is 0.709. The molecule has 92 valence electrons. The highest BCUT2D eigenvalue weighted by Crippen LogP contribution is 2.29. The maximum Gasteiger partial charge on any atom is 0.319 e. The molecule has 1 aliphatic heterocycles. The Hall–Kier alpha value is -1.76. The van der Waals surface area contributed by atoms with Gasteiger partial charge in [-0.3, -0.25) is 14.3 Å². The van der Waals surface area contributed by atoms with Gasteiger partial charge in [0.2, 0.25) is 0 Å². The molecule has 1 unspecified atom stereocenters. The van der Waals surface area contributed by atoms with Crippen molar-refractivity contribution in [3.05, 3.63) is 11.9 Å². The maximum atomic E-state index is 11.9. The largest absolute Gasteiger partial charge is 0.480 e. The summed E-state index contributed by atoms with van der Waals surface area (Å²) < 4.78 is 6.61. The number of Topliss-reactive ketones (excluding diaryl/α,β-unsaturated/α-hetero) is 1. The molecule has 1 aromatic heterocycles. The average molecular weight is 239 g/mol. The number of aromatic nitrogens is 3. The summed E-state index contributed by atoms with van der Waals surface area (Å²) in [6, 6.07) is 0. The van der Waals surface area contributed by atoms with E-state index in [9.17, 15) is 14.7 Å². The Balaban J connectivity index is 2.28. The first-order valence-electron chi connectivity index (χ1n) is 5.24. The van der Waals surface area contributed by atoms with Crippen molar-refractivity contribution in [1.29, 1.82) is 0 Å². The number of nitrogens with zero attached hydrogens (tertiary/aromatic N) is 3. The molecule has 0 spiro atoms. The third kappa shape index (κ3) is 2.05. The highest BCUT2D eigenvalue weighted by molar-refractivity contribution is 6.04. The van der Waals surface area contributed by atoms with Gasteiger partial charge in [-0.2, -0.15) is 0 Å². The maximum absolute atomic E-state index is 11.9. The van der Waals surface area contributed by atoms with Gasteiger partial charge in [-0.1, -0.05) is 5.21 Å². The van der Waals surface area contributed by atoms with E-state index in [-0.39, 0.29) is 31.8 Å². The molecule has 1 aliphatic rings. The van der Waals surface area contributed by atoms with Gasteiger partial charge in [0, 0.05) is 26.1 Å². The highest BCUT2D eigenvalue weighted by atomic mass is 16.5. The molecule has 0 amide bonds. The summed E-state index contributed by atoms with van der Waals surface area (Å²) in [6.07, 6.45) is 1.76. The summed E-state index contributed by atoms with van der Waals surface area (Å²) in [7, 11) is 1.68. The number of carbonyl (C=O) groups excluding carboxylic acids is 1. The topological polar surface area (TPSA) is 94.3 Å². The van der Waals surface area contributed by atoms with Crippen LogP contribution < -0.4 is 0 Å². The molecule has 1 atom stereocenters. The van der Waals surface area contributed by atoms with E-state index in [1.807, 2.05) is 0 Å².